The van der Waals surface area contributed by atoms with Crippen molar-refractivity contribution in [1.29, 1.82) is 0 Å². The molecular weight excluding hydrogens is 495 g/mol. The zero-order valence-corrected chi connectivity index (χ0v) is 21.7. The van der Waals surface area contributed by atoms with E-state index in [1.807, 2.05) is 36.4 Å². The maximum Gasteiger partial charge on any atom is 0.274 e. The summed E-state index contributed by atoms with van der Waals surface area (Å²) in [5, 5.41) is 10.8. The average molecular weight is 527 g/mol. The number of nitrogens with two attached hydrogens (primary N) is 2. The Hall–Kier alpha value is -4.34. The van der Waals surface area contributed by atoms with Crippen molar-refractivity contribution >= 4 is 17.5 Å². The molecule has 0 spiro atoms. The van der Waals surface area contributed by atoms with Gasteiger partial charge >= 0.3 is 0 Å². The smallest absolute Gasteiger partial charge is 0.274 e. The summed E-state index contributed by atoms with van der Waals surface area (Å²) in [6, 6.07) is 20.6. The number of carbonyl (C=O) groups is 2. The highest BCUT2D eigenvalue weighted by molar-refractivity contribution is 6.03. The molecule has 1 aromatic heterocycles. The predicted octanol–water partition coefficient (Wildman–Crippen LogP) is 4.22. The molecule has 1 unspecified atom stereocenters. The van der Waals surface area contributed by atoms with Crippen molar-refractivity contribution in [3.63, 3.8) is 0 Å². The van der Waals surface area contributed by atoms with Gasteiger partial charge in [-0.2, -0.15) is 5.10 Å². The lowest BCUT2D eigenvalue weighted by atomic mass is 9.96. The number of anilines is 1. The van der Waals surface area contributed by atoms with Gasteiger partial charge in [-0.15, -0.1) is 0 Å². The van der Waals surface area contributed by atoms with Gasteiger partial charge in [0.25, 0.3) is 5.91 Å². The Morgan fingerprint density at radius 3 is 2.49 bits per heavy atom. The van der Waals surface area contributed by atoms with E-state index in [-0.39, 0.29) is 17.4 Å². The van der Waals surface area contributed by atoms with Crippen LogP contribution in [0.3, 0.4) is 0 Å². The number of hydrogen-bond donors (Lipinski definition) is 4. The molecule has 1 aliphatic rings. The number of carbonyl (C=O) groups excluding carboxylic acids is 2. The predicted molar refractivity (Wildman–Crippen MR) is 148 cm³/mol. The number of aryl methyl sites for hydroxylation is 1. The second kappa shape index (κ2) is 11.2. The number of benzene rings is 3. The second-order valence-electron chi connectivity index (χ2n) is 9.92. The normalized spacial score (nSPS) is 13.7. The molecule has 6 N–H and O–H groups in total. The third-order valence-electron chi connectivity index (χ3n) is 6.86. The van der Waals surface area contributed by atoms with Crippen LogP contribution in [0.15, 0.2) is 72.8 Å². The third-order valence-corrected chi connectivity index (χ3v) is 6.86. The fourth-order valence-corrected chi connectivity index (χ4v) is 4.55. The first-order valence-electron chi connectivity index (χ1n) is 12.9. The second-order valence-corrected chi connectivity index (χ2v) is 9.92. The fourth-order valence-electron chi connectivity index (χ4n) is 4.55. The Morgan fingerprint density at radius 1 is 1.05 bits per heavy atom. The van der Waals surface area contributed by atoms with Crippen molar-refractivity contribution in [3.8, 4) is 5.69 Å². The van der Waals surface area contributed by atoms with Crippen LogP contribution >= 0.6 is 0 Å². The summed E-state index contributed by atoms with van der Waals surface area (Å²) in [7, 11) is 0. The number of halogens is 1. The molecule has 2 amide bonds. The van der Waals surface area contributed by atoms with Gasteiger partial charge < -0.3 is 22.1 Å². The fraction of sp³-hybridized carbons (Fsp3) is 0.233. The first-order valence-corrected chi connectivity index (χ1v) is 12.9. The van der Waals surface area contributed by atoms with Crippen molar-refractivity contribution in [2.45, 2.75) is 32.4 Å². The maximum absolute atomic E-state index is 15.0. The first-order chi connectivity index (χ1) is 18.8. The highest BCUT2D eigenvalue weighted by atomic mass is 19.1. The molecule has 39 heavy (non-hydrogen) atoms. The van der Waals surface area contributed by atoms with E-state index in [1.165, 1.54) is 23.6 Å². The molecule has 8 nitrogen and oxygen atoms in total. The zero-order valence-electron chi connectivity index (χ0n) is 21.7. The van der Waals surface area contributed by atoms with Gasteiger partial charge in [0.05, 0.1) is 23.1 Å². The van der Waals surface area contributed by atoms with Gasteiger partial charge in [0, 0.05) is 12.1 Å². The minimum Gasteiger partial charge on any atom is -0.366 e. The van der Waals surface area contributed by atoms with E-state index in [0.717, 1.165) is 23.2 Å². The van der Waals surface area contributed by atoms with Crippen molar-refractivity contribution in [2.75, 3.05) is 11.9 Å². The van der Waals surface area contributed by atoms with E-state index >= 15 is 0 Å². The molecule has 0 aliphatic heterocycles. The summed E-state index contributed by atoms with van der Waals surface area (Å²) in [6.07, 6.45) is 2.35. The zero-order chi connectivity index (χ0) is 27.5. The van der Waals surface area contributed by atoms with Crippen LogP contribution in [0.1, 0.15) is 62.1 Å². The number of nitrogens with zero attached hydrogens (tertiary/aromatic N) is 2. The van der Waals surface area contributed by atoms with E-state index in [4.69, 9.17) is 11.5 Å². The SMILES string of the molecule is Cc1cc(C(=O)Nc2cc(C(NCC3CC3)c3ccc(C(N)=O)cc3)ccc2F)n(-c2cccc(CN)c2)n1. The monoisotopic (exact) mass is 526 g/mol. The van der Waals surface area contributed by atoms with Gasteiger partial charge in [-0.25, -0.2) is 9.07 Å². The Kier molecular flexibility index (Phi) is 7.53. The Balaban J connectivity index is 1.44. The summed E-state index contributed by atoms with van der Waals surface area (Å²) >= 11 is 0. The summed E-state index contributed by atoms with van der Waals surface area (Å²) in [5.74, 6) is -0.929. The van der Waals surface area contributed by atoms with E-state index < -0.39 is 17.6 Å². The Morgan fingerprint density at radius 2 is 1.79 bits per heavy atom. The van der Waals surface area contributed by atoms with Crippen LogP contribution in [0.2, 0.25) is 0 Å². The van der Waals surface area contributed by atoms with Crippen LogP contribution in [0.4, 0.5) is 10.1 Å². The number of hydrogen-bond acceptors (Lipinski definition) is 5. The van der Waals surface area contributed by atoms with Gasteiger partial charge in [0.15, 0.2) is 0 Å². The number of nitrogens with one attached hydrogen (secondary N) is 2. The molecule has 9 heteroatoms. The topological polar surface area (TPSA) is 128 Å². The van der Waals surface area contributed by atoms with Crippen molar-refractivity contribution in [2.24, 2.45) is 17.4 Å². The average Bonchev–Trinajstić information content (AvgIpc) is 3.69. The number of rotatable bonds is 10. The number of amides is 2. The summed E-state index contributed by atoms with van der Waals surface area (Å²) in [5.41, 5.74) is 15.9. The van der Waals surface area contributed by atoms with Crippen LogP contribution in [-0.2, 0) is 6.54 Å². The molecular formula is C30H31FN6O2. The largest absolute Gasteiger partial charge is 0.366 e. The molecule has 1 heterocycles. The van der Waals surface area contributed by atoms with Gasteiger partial charge in [-0.3, -0.25) is 9.59 Å². The standard InChI is InChI=1S/C30H31FN6O2/c1-18-13-27(37(36-18)24-4-2-3-20(14-24)16-32)30(39)35-26-15-23(11-12-25(26)31)28(34-17-19-5-6-19)21-7-9-22(10-8-21)29(33)38/h2-4,7-15,19,28,34H,5-6,16-17,32H2,1H3,(H2,33,38)(H,35,39). The number of aromatic nitrogens is 2. The first kappa shape index (κ1) is 26.3. The summed E-state index contributed by atoms with van der Waals surface area (Å²) < 4.78 is 16.5. The van der Waals surface area contributed by atoms with Crippen molar-refractivity contribution in [1.82, 2.24) is 15.1 Å². The van der Waals surface area contributed by atoms with Gasteiger partial charge in [-0.05, 0) is 91.4 Å². The van der Waals surface area contributed by atoms with Crippen molar-refractivity contribution < 1.29 is 14.0 Å². The minimum atomic E-state index is -0.551. The van der Waals surface area contributed by atoms with Crippen LogP contribution in [-0.4, -0.2) is 28.1 Å². The van der Waals surface area contributed by atoms with E-state index in [0.29, 0.717) is 29.4 Å². The Labute approximate surface area is 226 Å². The molecule has 0 saturated heterocycles. The van der Waals surface area contributed by atoms with Gasteiger partial charge in [0.2, 0.25) is 5.91 Å². The molecule has 1 fully saturated rings. The van der Waals surface area contributed by atoms with E-state index in [9.17, 15) is 14.0 Å². The molecule has 1 saturated carbocycles. The minimum absolute atomic E-state index is 0.0607. The van der Waals surface area contributed by atoms with Crippen molar-refractivity contribution in [3.05, 3.63) is 112 Å². The molecule has 0 radical (unpaired) electrons. The van der Waals surface area contributed by atoms with E-state index in [2.05, 4.69) is 15.7 Å². The lowest BCUT2D eigenvalue weighted by Gasteiger charge is -2.21. The molecule has 5 rings (SSSR count). The Bertz CT molecular complexity index is 1510. The molecule has 1 aliphatic carbocycles. The summed E-state index contributed by atoms with van der Waals surface area (Å²) in [6.45, 7) is 2.96. The molecule has 200 valence electrons. The summed E-state index contributed by atoms with van der Waals surface area (Å²) in [4.78, 5) is 24.9. The highest BCUT2D eigenvalue weighted by Gasteiger charge is 2.25. The number of primary amides is 1. The van der Waals surface area contributed by atoms with Crippen LogP contribution < -0.4 is 22.1 Å². The van der Waals surface area contributed by atoms with Crippen LogP contribution in [0.25, 0.3) is 5.69 Å². The molecule has 3 aromatic carbocycles. The highest BCUT2D eigenvalue weighted by Crippen LogP contribution is 2.31. The molecule has 4 aromatic rings. The van der Waals surface area contributed by atoms with Crippen LogP contribution in [0, 0.1) is 18.7 Å². The quantitative estimate of drug-likeness (QED) is 0.246. The van der Waals surface area contributed by atoms with Gasteiger partial charge in [-0.1, -0.05) is 30.3 Å². The van der Waals surface area contributed by atoms with Crippen LogP contribution in [0.5, 0.6) is 0 Å². The lowest BCUT2D eigenvalue weighted by molar-refractivity contribution is 0.0996. The lowest BCUT2D eigenvalue weighted by Crippen LogP contribution is -2.25. The van der Waals surface area contributed by atoms with Gasteiger partial charge in [0.1, 0.15) is 11.5 Å². The van der Waals surface area contributed by atoms with E-state index in [1.54, 1.807) is 37.3 Å². The third kappa shape index (κ3) is 6.05. The molecule has 0 bridgehead atoms. The molecule has 1 atom stereocenters. The maximum atomic E-state index is 15.0.